The molecular formula is C16H13Cl2N5O2S. The monoisotopic (exact) mass is 409 g/mol. The fourth-order valence-electron chi connectivity index (χ4n) is 2.28. The molecule has 0 saturated carbocycles. The smallest absolute Gasteiger partial charge is 0.262 e. The summed E-state index contributed by atoms with van der Waals surface area (Å²) in [6, 6.07) is 5.83. The van der Waals surface area contributed by atoms with E-state index in [0.717, 1.165) is 11.3 Å². The molecule has 0 spiro atoms. The minimum atomic E-state index is -0.797. The highest BCUT2D eigenvalue weighted by Gasteiger charge is 2.20. The van der Waals surface area contributed by atoms with Crippen LogP contribution in [0.5, 0.6) is 0 Å². The van der Waals surface area contributed by atoms with Crippen LogP contribution in [0.3, 0.4) is 0 Å². The van der Waals surface area contributed by atoms with E-state index >= 15 is 0 Å². The summed E-state index contributed by atoms with van der Waals surface area (Å²) in [6.07, 6.45) is 0. The SMILES string of the molecule is C[C@H](NC(=O)c1cc2c(-c3ccc(Cl)cc3Cl)nc(N)nc2s1)C(N)=O. The number of carbonyl (C=O) groups is 2. The summed E-state index contributed by atoms with van der Waals surface area (Å²) in [6.45, 7) is 1.50. The first-order chi connectivity index (χ1) is 12.3. The largest absolute Gasteiger partial charge is 0.368 e. The average Bonchev–Trinajstić information content (AvgIpc) is 2.98. The number of hydrogen-bond acceptors (Lipinski definition) is 6. The summed E-state index contributed by atoms with van der Waals surface area (Å²) >= 11 is 13.3. The maximum Gasteiger partial charge on any atom is 0.262 e. The van der Waals surface area contributed by atoms with Crippen LogP contribution in [0.2, 0.25) is 10.0 Å². The molecule has 3 rings (SSSR count). The second-order valence-corrected chi connectivity index (χ2v) is 7.36. The van der Waals surface area contributed by atoms with Gasteiger partial charge in [0.2, 0.25) is 11.9 Å². The number of benzene rings is 1. The molecular weight excluding hydrogens is 397 g/mol. The summed E-state index contributed by atoms with van der Waals surface area (Å²) in [4.78, 5) is 32.8. The number of fused-ring (bicyclic) bond motifs is 1. The minimum Gasteiger partial charge on any atom is -0.368 e. The van der Waals surface area contributed by atoms with Crippen molar-refractivity contribution >= 4 is 62.5 Å². The van der Waals surface area contributed by atoms with Gasteiger partial charge in [0.1, 0.15) is 10.9 Å². The van der Waals surface area contributed by atoms with E-state index in [9.17, 15) is 9.59 Å². The number of rotatable bonds is 4. The first kappa shape index (κ1) is 18.4. The Hall–Kier alpha value is -2.42. The van der Waals surface area contributed by atoms with Gasteiger partial charge in [0.05, 0.1) is 15.6 Å². The molecule has 3 aromatic rings. The zero-order valence-electron chi connectivity index (χ0n) is 13.4. The molecule has 2 aromatic heterocycles. The molecule has 0 radical (unpaired) electrons. The summed E-state index contributed by atoms with van der Waals surface area (Å²) in [7, 11) is 0. The van der Waals surface area contributed by atoms with Crippen LogP contribution in [-0.4, -0.2) is 27.8 Å². The number of thiophene rings is 1. The highest BCUT2D eigenvalue weighted by Crippen LogP contribution is 2.36. The van der Waals surface area contributed by atoms with Crippen LogP contribution in [0.4, 0.5) is 5.95 Å². The van der Waals surface area contributed by atoms with Crippen molar-refractivity contribution in [3.8, 4) is 11.3 Å². The Morgan fingerprint density at radius 3 is 2.62 bits per heavy atom. The predicted molar refractivity (Wildman–Crippen MR) is 103 cm³/mol. The molecule has 134 valence electrons. The fourth-order valence-corrected chi connectivity index (χ4v) is 3.71. The number of anilines is 1. The molecule has 2 amide bonds. The topological polar surface area (TPSA) is 124 Å². The summed E-state index contributed by atoms with van der Waals surface area (Å²) in [5, 5.41) is 4.03. The lowest BCUT2D eigenvalue weighted by Gasteiger charge is -2.08. The maximum absolute atomic E-state index is 12.3. The van der Waals surface area contributed by atoms with Crippen LogP contribution in [0.1, 0.15) is 16.6 Å². The highest BCUT2D eigenvalue weighted by molar-refractivity contribution is 7.20. The Bertz CT molecular complexity index is 1040. The van der Waals surface area contributed by atoms with Gasteiger partial charge in [-0.3, -0.25) is 9.59 Å². The molecule has 10 heteroatoms. The number of aromatic nitrogens is 2. The van der Waals surface area contributed by atoms with Gasteiger partial charge >= 0.3 is 0 Å². The van der Waals surface area contributed by atoms with Crippen molar-refractivity contribution in [1.29, 1.82) is 0 Å². The van der Waals surface area contributed by atoms with E-state index in [-0.39, 0.29) is 5.95 Å². The van der Waals surface area contributed by atoms with Crippen molar-refractivity contribution in [2.24, 2.45) is 5.73 Å². The molecule has 0 unspecified atom stereocenters. The van der Waals surface area contributed by atoms with Crippen LogP contribution < -0.4 is 16.8 Å². The third-order valence-corrected chi connectivity index (χ3v) is 5.17. The van der Waals surface area contributed by atoms with Crippen molar-refractivity contribution in [2.75, 3.05) is 5.73 Å². The Labute approximate surface area is 162 Å². The summed E-state index contributed by atoms with van der Waals surface area (Å²) in [5.41, 5.74) is 12.1. The Morgan fingerprint density at radius 2 is 1.96 bits per heavy atom. The number of halogens is 2. The molecule has 1 aromatic carbocycles. The van der Waals surface area contributed by atoms with E-state index in [1.807, 2.05) is 0 Å². The second kappa shape index (κ2) is 7.06. The standard InChI is InChI=1S/C16H13Cl2N5O2S/c1-6(13(19)24)21-14(25)11-5-9-12(22-16(20)23-15(9)26-11)8-3-2-7(17)4-10(8)18/h2-6H,1H3,(H2,19,24)(H,21,25)(H2,20,22,23)/t6-/m0/s1. The van der Waals surface area contributed by atoms with Crippen LogP contribution >= 0.6 is 34.5 Å². The molecule has 7 nitrogen and oxygen atoms in total. The minimum absolute atomic E-state index is 0.0535. The first-order valence-electron chi connectivity index (χ1n) is 7.39. The van der Waals surface area contributed by atoms with Gasteiger partial charge in [-0.25, -0.2) is 9.97 Å². The number of nitrogens with one attached hydrogen (secondary N) is 1. The van der Waals surface area contributed by atoms with Crippen LogP contribution in [0.15, 0.2) is 24.3 Å². The number of nitrogens with zero attached hydrogens (tertiary/aromatic N) is 2. The van der Waals surface area contributed by atoms with Gasteiger partial charge in [-0.15, -0.1) is 11.3 Å². The lowest BCUT2D eigenvalue weighted by atomic mass is 10.1. The molecule has 5 N–H and O–H groups in total. The average molecular weight is 410 g/mol. The number of nitrogen functional groups attached to an aromatic ring is 1. The van der Waals surface area contributed by atoms with Crippen LogP contribution in [0.25, 0.3) is 21.5 Å². The number of amides is 2. The van der Waals surface area contributed by atoms with Crippen molar-refractivity contribution in [3.63, 3.8) is 0 Å². The molecule has 0 bridgehead atoms. The van der Waals surface area contributed by atoms with E-state index in [1.54, 1.807) is 24.3 Å². The fraction of sp³-hybridized carbons (Fsp3) is 0.125. The van der Waals surface area contributed by atoms with Gasteiger partial charge in [0, 0.05) is 16.0 Å². The lowest BCUT2D eigenvalue weighted by Crippen LogP contribution is -2.41. The zero-order valence-corrected chi connectivity index (χ0v) is 15.7. The molecule has 2 heterocycles. The van der Waals surface area contributed by atoms with Gasteiger partial charge in [-0.2, -0.15) is 0 Å². The third-order valence-electron chi connectivity index (χ3n) is 3.59. The Morgan fingerprint density at radius 1 is 1.23 bits per heavy atom. The van der Waals surface area contributed by atoms with Crippen molar-refractivity contribution in [1.82, 2.24) is 15.3 Å². The normalized spacial score (nSPS) is 12.1. The van der Waals surface area contributed by atoms with Crippen LogP contribution in [0, 0.1) is 0 Å². The maximum atomic E-state index is 12.3. The van der Waals surface area contributed by atoms with E-state index in [2.05, 4.69) is 15.3 Å². The van der Waals surface area contributed by atoms with E-state index < -0.39 is 17.9 Å². The van der Waals surface area contributed by atoms with Gasteiger partial charge in [-0.1, -0.05) is 23.2 Å². The first-order valence-corrected chi connectivity index (χ1v) is 8.96. The van der Waals surface area contributed by atoms with Crippen molar-refractivity contribution < 1.29 is 9.59 Å². The quantitative estimate of drug-likeness (QED) is 0.610. The Kier molecular flexibility index (Phi) is 4.99. The van der Waals surface area contributed by atoms with Crippen molar-refractivity contribution in [3.05, 3.63) is 39.2 Å². The molecule has 0 saturated heterocycles. The van der Waals surface area contributed by atoms with Gasteiger partial charge < -0.3 is 16.8 Å². The molecule has 26 heavy (non-hydrogen) atoms. The van der Waals surface area contributed by atoms with Gasteiger partial charge in [0.25, 0.3) is 5.91 Å². The van der Waals surface area contributed by atoms with E-state index in [0.29, 0.717) is 36.4 Å². The zero-order chi connectivity index (χ0) is 19.0. The van der Waals surface area contributed by atoms with E-state index in [1.165, 1.54) is 6.92 Å². The number of primary amides is 1. The predicted octanol–water partition coefficient (Wildman–Crippen LogP) is 2.85. The van der Waals surface area contributed by atoms with Gasteiger partial charge in [-0.05, 0) is 31.2 Å². The van der Waals surface area contributed by atoms with Gasteiger partial charge in [0.15, 0.2) is 0 Å². The number of hydrogen-bond donors (Lipinski definition) is 3. The van der Waals surface area contributed by atoms with Crippen molar-refractivity contribution in [2.45, 2.75) is 13.0 Å². The molecule has 1 atom stereocenters. The lowest BCUT2D eigenvalue weighted by molar-refractivity contribution is -0.119. The number of carbonyl (C=O) groups excluding carboxylic acids is 2. The third kappa shape index (κ3) is 3.57. The second-order valence-electron chi connectivity index (χ2n) is 5.48. The molecule has 0 aliphatic heterocycles. The number of nitrogens with two attached hydrogens (primary N) is 2. The summed E-state index contributed by atoms with van der Waals surface area (Å²) in [5.74, 6) is -1.01. The van der Waals surface area contributed by atoms with Crippen LogP contribution in [-0.2, 0) is 4.79 Å². The van der Waals surface area contributed by atoms with E-state index in [4.69, 9.17) is 34.7 Å². The highest BCUT2D eigenvalue weighted by atomic mass is 35.5. The Balaban J connectivity index is 2.10. The summed E-state index contributed by atoms with van der Waals surface area (Å²) < 4.78 is 0. The molecule has 0 aliphatic carbocycles. The molecule has 0 aliphatic rings. The molecule has 0 fully saturated rings.